The van der Waals surface area contributed by atoms with E-state index >= 15 is 0 Å². The van der Waals surface area contributed by atoms with Crippen LogP contribution in [-0.2, 0) is 0 Å². The predicted molar refractivity (Wildman–Crippen MR) is 293 cm³/mol. The van der Waals surface area contributed by atoms with Gasteiger partial charge >= 0.3 is 0 Å². The number of rotatable bonds is 6. The lowest BCUT2D eigenvalue weighted by atomic mass is 9.86. The molecule has 0 unspecified atom stereocenters. The average Bonchev–Trinajstić information content (AvgIpc) is 3.94. The van der Waals surface area contributed by atoms with Gasteiger partial charge in [0.2, 0.25) is 0 Å². The van der Waals surface area contributed by atoms with Gasteiger partial charge in [-0.05, 0) is 176 Å². The van der Waals surface area contributed by atoms with E-state index in [-0.39, 0.29) is 0 Å². The lowest BCUT2D eigenvalue weighted by molar-refractivity contribution is 1.47. The zero-order valence-electron chi connectivity index (χ0n) is 38.2. The van der Waals surface area contributed by atoms with Gasteiger partial charge < -0.3 is 0 Å². The highest BCUT2D eigenvalue weighted by Gasteiger charge is 2.25. The van der Waals surface area contributed by atoms with Crippen LogP contribution in [0.2, 0.25) is 0 Å². The van der Waals surface area contributed by atoms with Gasteiger partial charge in [0, 0.05) is 0 Å². The molecule has 0 heteroatoms. The van der Waals surface area contributed by atoms with Crippen molar-refractivity contribution in [2.45, 2.75) is 0 Å². The maximum Gasteiger partial charge on any atom is -0.000740 e. The Balaban J connectivity index is 1.20. The van der Waals surface area contributed by atoms with Crippen LogP contribution in [-0.4, -0.2) is 0 Å². The standard InChI is InChI=1S/C70H42/c1-5-19-43(20-6-1)47-29-17-31-51(39-47)63-54-34-16-15-33-53(54)61(45-23-9-3-10-24-45)67-55-35-36-56-66-58(38-37-57(65(55)66)69(63)67)70-64(52-32-18-30-48(40-52)44-21-7-2-8-22-44)60-42-50-28-14-13-27-49(50)41-59(60)62(68(56)70)46-25-11-4-12-26-46/h1-42H. The molecule has 13 aromatic carbocycles. The van der Waals surface area contributed by atoms with Crippen LogP contribution in [0.3, 0.4) is 0 Å². The summed E-state index contributed by atoms with van der Waals surface area (Å²) in [6, 6.07) is 95.1. The Morgan fingerprint density at radius 2 is 0.457 bits per heavy atom. The first-order valence-corrected chi connectivity index (χ1v) is 24.4. The van der Waals surface area contributed by atoms with Crippen LogP contribution >= 0.6 is 0 Å². The number of hydrogen-bond donors (Lipinski definition) is 0. The van der Waals surface area contributed by atoms with Crippen molar-refractivity contribution in [3.63, 3.8) is 0 Å². The Hall–Kier alpha value is -9.10. The van der Waals surface area contributed by atoms with Crippen LogP contribution in [0.1, 0.15) is 0 Å². The molecule has 70 heavy (non-hydrogen) atoms. The summed E-state index contributed by atoms with van der Waals surface area (Å²) >= 11 is 0. The van der Waals surface area contributed by atoms with Gasteiger partial charge in [-0.1, -0.05) is 231 Å². The van der Waals surface area contributed by atoms with Gasteiger partial charge in [-0.3, -0.25) is 0 Å². The van der Waals surface area contributed by atoms with Crippen molar-refractivity contribution in [1.29, 1.82) is 0 Å². The molecular weight excluding hydrogens is 841 g/mol. The van der Waals surface area contributed by atoms with E-state index in [2.05, 4.69) is 255 Å². The van der Waals surface area contributed by atoms with Crippen molar-refractivity contribution in [3.8, 4) is 66.8 Å². The maximum atomic E-state index is 2.47. The van der Waals surface area contributed by atoms with Gasteiger partial charge in [-0.2, -0.15) is 0 Å². The minimum Gasteiger partial charge on any atom is -0.0622 e. The molecule has 13 aromatic rings. The van der Waals surface area contributed by atoms with Crippen LogP contribution in [0, 0.1) is 41.7 Å². The third-order valence-electron chi connectivity index (χ3n) is 15.3. The molecule has 2 aliphatic rings. The van der Waals surface area contributed by atoms with Crippen molar-refractivity contribution in [2.75, 3.05) is 0 Å². The lowest BCUT2D eigenvalue weighted by Crippen LogP contribution is -1.93. The second-order valence-corrected chi connectivity index (χ2v) is 19.0. The molecule has 0 aliphatic heterocycles. The molecule has 15 rings (SSSR count). The molecule has 0 atom stereocenters. The van der Waals surface area contributed by atoms with Crippen molar-refractivity contribution < 1.29 is 0 Å². The molecule has 0 radical (unpaired) electrons. The molecule has 0 saturated carbocycles. The van der Waals surface area contributed by atoms with E-state index in [4.69, 9.17) is 0 Å². The fourth-order valence-corrected chi connectivity index (χ4v) is 12.4. The largest absolute Gasteiger partial charge is 0.0622 e. The summed E-state index contributed by atoms with van der Waals surface area (Å²) in [7, 11) is 0. The molecule has 322 valence electrons. The van der Waals surface area contributed by atoms with Crippen LogP contribution in [0.4, 0.5) is 0 Å². The lowest BCUT2D eigenvalue weighted by Gasteiger charge is -2.17. The molecule has 0 bridgehead atoms. The molecule has 0 N–H and O–H groups in total. The summed E-state index contributed by atoms with van der Waals surface area (Å²) in [5.41, 5.74) is 14.9. The molecule has 0 saturated heterocycles. The summed E-state index contributed by atoms with van der Waals surface area (Å²) in [5, 5.41) is 20.7. The second kappa shape index (κ2) is 15.2. The van der Waals surface area contributed by atoms with Gasteiger partial charge in [-0.15, -0.1) is 0 Å². The van der Waals surface area contributed by atoms with E-state index < -0.39 is 0 Å². The first kappa shape index (κ1) is 38.9. The minimum absolute atomic E-state index is 1.21. The third-order valence-corrected chi connectivity index (χ3v) is 15.3. The van der Waals surface area contributed by atoms with E-state index in [1.165, 1.54) is 152 Å². The van der Waals surface area contributed by atoms with Crippen molar-refractivity contribution in [2.24, 2.45) is 0 Å². The SMILES string of the molecule is c1ccc(-c2cccc(-c3c4c(c(-c5ccccc5)c5ccccc35)=c3ccc5c6c(ccc=4c36)=c3c(-c4cccc(-c6ccccc6)c4)c4cc6ccccc6cc4c(-c4ccccc4)c3=5)c2)cc1. The van der Waals surface area contributed by atoms with Gasteiger partial charge in [0.25, 0.3) is 0 Å². The maximum absolute atomic E-state index is 2.47. The third kappa shape index (κ3) is 5.65. The van der Waals surface area contributed by atoms with Crippen LogP contribution < -0.4 is 0 Å². The van der Waals surface area contributed by atoms with Gasteiger partial charge in [-0.25, -0.2) is 0 Å². The van der Waals surface area contributed by atoms with Crippen molar-refractivity contribution in [1.82, 2.24) is 0 Å². The van der Waals surface area contributed by atoms with E-state index in [1.54, 1.807) is 0 Å². The van der Waals surface area contributed by atoms with Crippen LogP contribution in [0.25, 0.3) is 110 Å². The molecule has 0 spiro atoms. The molecule has 0 heterocycles. The Morgan fingerprint density at radius 1 is 0.171 bits per heavy atom. The van der Waals surface area contributed by atoms with Crippen LogP contribution in [0.5, 0.6) is 0 Å². The molecular formula is C70H42. The normalized spacial score (nSPS) is 12.0. The summed E-state index contributed by atoms with van der Waals surface area (Å²) in [4.78, 5) is 0. The highest BCUT2D eigenvalue weighted by atomic mass is 14.3. The minimum atomic E-state index is 1.21. The first-order valence-electron chi connectivity index (χ1n) is 24.4. The van der Waals surface area contributed by atoms with Gasteiger partial charge in [0.15, 0.2) is 0 Å². The van der Waals surface area contributed by atoms with E-state index in [9.17, 15) is 0 Å². The monoisotopic (exact) mass is 882 g/mol. The predicted octanol–water partition coefficient (Wildman–Crippen LogP) is 18.1. The van der Waals surface area contributed by atoms with Crippen molar-refractivity contribution in [3.05, 3.63) is 297 Å². The highest BCUT2D eigenvalue weighted by molar-refractivity contribution is 6.13. The topological polar surface area (TPSA) is 0 Å². The quantitative estimate of drug-likeness (QED) is 0.146. The summed E-state index contributed by atoms with van der Waals surface area (Å²) in [5.74, 6) is 0. The van der Waals surface area contributed by atoms with Crippen LogP contribution in [0.15, 0.2) is 255 Å². The van der Waals surface area contributed by atoms with E-state index in [0.717, 1.165) is 0 Å². The Kier molecular flexibility index (Phi) is 8.46. The number of benzene rings is 13. The summed E-state index contributed by atoms with van der Waals surface area (Å²) < 4.78 is 0. The number of hydrogen-bond acceptors (Lipinski definition) is 0. The van der Waals surface area contributed by atoms with Gasteiger partial charge in [0.05, 0.1) is 0 Å². The highest BCUT2D eigenvalue weighted by Crippen LogP contribution is 2.47. The number of fused-ring (bicyclic) bond motifs is 5. The first-order chi connectivity index (χ1) is 34.8. The zero-order chi connectivity index (χ0) is 45.9. The van der Waals surface area contributed by atoms with E-state index in [1.807, 2.05) is 0 Å². The average molecular weight is 883 g/mol. The zero-order valence-corrected chi connectivity index (χ0v) is 38.2. The Labute approximate surface area is 404 Å². The molecule has 0 amide bonds. The Morgan fingerprint density at radius 3 is 0.857 bits per heavy atom. The van der Waals surface area contributed by atoms with Crippen molar-refractivity contribution >= 4 is 43.1 Å². The molecule has 0 fully saturated rings. The summed E-state index contributed by atoms with van der Waals surface area (Å²) in [6.07, 6.45) is 0. The summed E-state index contributed by atoms with van der Waals surface area (Å²) in [6.45, 7) is 0. The molecule has 0 nitrogen and oxygen atoms in total. The Bertz CT molecular complexity index is 4780. The van der Waals surface area contributed by atoms with Gasteiger partial charge in [0.1, 0.15) is 0 Å². The molecule has 0 aromatic heterocycles. The fourth-order valence-electron chi connectivity index (χ4n) is 12.4. The van der Waals surface area contributed by atoms with E-state index in [0.29, 0.717) is 0 Å². The fraction of sp³-hybridized carbons (Fsp3) is 0. The molecule has 2 aliphatic carbocycles. The smallest absolute Gasteiger partial charge is 0.000740 e. The second-order valence-electron chi connectivity index (χ2n) is 19.0.